The molecule has 1 atom stereocenters. The number of carboxylic acid groups (broad SMARTS) is 1. The van der Waals surface area contributed by atoms with Gasteiger partial charge in [0.25, 0.3) is 0 Å². The predicted molar refractivity (Wildman–Crippen MR) is 45.9 cm³/mol. The number of benzene rings is 1. The first-order valence-electron chi connectivity index (χ1n) is 3.84. The molecule has 69 valence electrons. The topological polar surface area (TPSA) is 83.2 Å². The number of carboxylic acids is 1. The van der Waals surface area contributed by atoms with Crippen molar-refractivity contribution in [2.24, 2.45) is 5.73 Å². The van der Waals surface area contributed by atoms with Gasteiger partial charge in [0.2, 0.25) is 0 Å². The standard InChI is InChI=1S/C9H10NO3/c10-8(9(12)13)5-6-1-3-7(11)4-2-6/h1-4,8H,5,10H2,(H,12,13). The highest BCUT2D eigenvalue weighted by molar-refractivity contribution is 5.73. The lowest BCUT2D eigenvalue weighted by molar-refractivity contribution is -0.138. The summed E-state index contributed by atoms with van der Waals surface area (Å²) in [4.78, 5) is 10.4. The highest BCUT2D eigenvalue weighted by Crippen LogP contribution is 2.11. The molecule has 0 bridgehead atoms. The van der Waals surface area contributed by atoms with Gasteiger partial charge in [-0.3, -0.25) is 9.90 Å². The Bertz CT molecular complexity index is 294. The fourth-order valence-electron chi connectivity index (χ4n) is 0.967. The Hall–Kier alpha value is -1.55. The second-order valence-electron chi connectivity index (χ2n) is 2.79. The quantitative estimate of drug-likeness (QED) is 0.721. The normalized spacial score (nSPS) is 12.4. The molecule has 1 aromatic carbocycles. The Labute approximate surface area is 75.6 Å². The average molecular weight is 180 g/mol. The van der Waals surface area contributed by atoms with E-state index >= 15 is 0 Å². The van der Waals surface area contributed by atoms with Crippen molar-refractivity contribution in [3.05, 3.63) is 29.8 Å². The number of carbonyl (C=O) groups is 1. The molecule has 0 aliphatic rings. The summed E-state index contributed by atoms with van der Waals surface area (Å²) >= 11 is 0. The third-order valence-electron chi connectivity index (χ3n) is 1.70. The van der Waals surface area contributed by atoms with E-state index < -0.39 is 12.0 Å². The molecule has 1 unspecified atom stereocenters. The molecule has 1 radical (unpaired) electrons. The first-order chi connectivity index (χ1) is 6.09. The monoisotopic (exact) mass is 180 g/mol. The lowest BCUT2D eigenvalue weighted by Gasteiger charge is -2.05. The fourth-order valence-corrected chi connectivity index (χ4v) is 0.967. The summed E-state index contributed by atoms with van der Waals surface area (Å²) in [5.74, 6) is -1.13. The molecule has 0 spiro atoms. The molecule has 0 fully saturated rings. The molecule has 0 heterocycles. The van der Waals surface area contributed by atoms with Crippen molar-refractivity contribution in [2.45, 2.75) is 12.5 Å². The van der Waals surface area contributed by atoms with Crippen molar-refractivity contribution in [2.75, 3.05) is 0 Å². The summed E-state index contributed by atoms with van der Waals surface area (Å²) < 4.78 is 0. The molecule has 1 rings (SSSR count). The zero-order chi connectivity index (χ0) is 9.84. The highest BCUT2D eigenvalue weighted by Gasteiger charge is 2.11. The molecule has 3 N–H and O–H groups in total. The first-order valence-corrected chi connectivity index (χ1v) is 3.84. The second kappa shape index (κ2) is 3.91. The highest BCUT2D eigenvalue weighted by atomic mass is 16.4. The van der Waals surface area contributed by atoms with E-state index in [1.54, 1.807) is 12.1 Å². The van der Waals surface area contributed by atoms with Crippen molar-refractivity contribution in [1.29, 1.82) is 0 Å². The SMILES string of the molecule is NC(Cc1ccc([O])cc1)C(=O)O. The molecule has 0 saturated carbocycles. The second-order valence-corrected chi connectivity index (χ2v) is 2.79. The lowest BCUT2D eigenvalue weighted by Crippen LogP contribution is -2.32. The van der Waals surface area contributed by atoms with Gasteiger partial charge in [-0.15, -0.1) is 0 Å². The Morgan fingerprint density at radius 2 is 1.92 bits per heavy atom. The maximum Gasteiger partial charge on any atom is 0.320 e. The Kier molecular flexibility index (Phi) is 2.87. The van der Waals surface area contributed by atoms with E-state index in [-0.39, 0.29) is 12.2 Å². The zero-order valence-corrected chi connectivity index (χ0v) is 6.93. The van der Waals surface area contributed by atoms with Crippen LogP contribution in [-0.4, -0.2) is 17.1 Å². The minimum atomic E-state index is -1.04. The summed E-state index contributed by atoms with van der Waals surface area (Å²) in [6.07, 6.45) is 0.246. The van der Waals surface area contributed by atoms with Crippen LogP contribution in [0, 0.1) is 0 Å². The van der Waals surface area contributed by atoms with Gasteiger partial charge in [0.1, 0.15) is 6.04 Å². The lowest BCUT2D eigenvalue weighted by atomic mass is 10.1. The maximum absolute atomic E-state index is 10.7. The van der Waals surface area contributed by atoms with Crippen LogP contribution in [0.4, 0.5) is 0 Å². The van der Waals surface area contributed by atoms with E-state index in [2.05, 4.69) is 0 Å². The van der Waals surface area contributed by atoms with E-state index in [1.807, 2.05) is 0 Å². The van der Waals surface area contributed by atoms with Crippen LogP contribution in [0.25, 0.3) is 0 Å². The summed E-state index contributed by atoms with van der Waals surface area (Å²) in [7, 11) is 0. The van der Waals surface area contributed by atoms with Gasteiger partial charge in [-0.25, -0.2) is 0 Å². The first kappa shape index (κ1) is 9.54. The van der Waals surface area contributed by atoms with E-state index in [0.29, 0.717) is 0 Å². The van der Waals surface area contributed by atoms with Gasteiger partial charge in [-0.1, -0.05) is 12.1 Å². The van der Waals surface area contributed by atoms with Gasteiger partial charge in [-0.05, 0) is 24.1 Å². The van der Waals surface area contributed by atoms with Crippen molar-refractivity contribution >= 4 is 5.97 Å². The molecule has 4 heteroatoms. The molecular formula is C9H10NO3. The van der Waals surface area contributed by atoms with Crippen LogP contribution in [0.1, 0.15) is 5.56 Å². The summed E-state index contributed by atoms with van der Waals surface area (Å²) in [5, 5.41) is 19.2. The predicted octanol–water partition coefficient (Wildman–Crippen LogP) is 0.785. The molecule has 0 aromatic heterocycles. The van der Waals surface area contributed by atoms with Crippen LogP contribution in [0.3, 0.4) is 0 Å². The van der Waals surface area contributed by atoms with Gasteiger partial charge in [-0.2, -0.15) is 0 Å². The number of aliphatic carboxylic acids is 1. The average Bonchev–Trinajstić information content (AvgIpc) is 2.08. The van der Waals surface area contributed by atoms with Crippen LogP contribution >= 0.6 is 0 Å². The Balaban J connectivity index is 2.64. The molecule has 1 aromatic rings. The number of hydrogen-bond acceptors (Lipinski definition) is 2. The zero-order valence-electron chi connectivity index (χ0n) is 6.93. The minimum Gasteiger partial charge on any atom is -0.480 e. The van der Waals surface area contributed by atoms with E-state index in [0.717, 1.165) is 5.56 Å². The van der Waals surface area contributed by atoms with Crippen molar-refractivity contribution in [3.63, 3.8) is 0 Å². The van der Waals surface area contributed by atoms with Gasteiger partial charge in [0.15, 0.2) is 5.75 Å². The van der Waals surface area contributed by atoms with E-state index in [9.17, 15) is 9.90 Å². The molecule has 0 saturated heterocycles. The molecule has 0 amide bonds. The van der Waals surface area contributed by atoms with Crippen LogP contribution in [0.15, 0.2) is 24.3 Å². The minimum absolute atomic E-state index is 0.0901. The third-order valence-corrected chi connectivity index (χ3v) is 1.70. The summed E-state index contributed by atoms with van der Waals surface area (Å²) in [6.45, 7) is 0. The van der Waals surface area contributed by atoms with Crippen molar-refractivity contribution < 1.29 is 15.0 Å². The molecule has 0 aliphatic heterocycles. The number of rotatable bonds is 3. The van der Waals surface area contributed by atoms with Crippen molar-refractivity contribution in [1.82, 2.24) is 0 Å². The van der Waals surface area contributed by atoms with Crippen LogP contribution in [-0.2, 0) is 16.3 Å². The largest absolute Gasteiger partial charge is 0.480 e. The molecule has 0 aliphatic carbocycles. The molecule has 13 heavy (non-hydrogen) atoms. The van der Waals surface area contributed by atoms with Gasteiger partial charge >= 0.3 is 5.97 Å². The smallest absolute Gasteiger partial charge is 0.320 e. The Morgan fingerprint density at radius 1 is 1.38 bits per heavy atom. The number of nitrogens with two attached hydrogens (primary N) is 1. The van der Waals surface area contributed by atoms with E-state index in [4.69, 9.17) is 10.8 Å². The molecular weight excluding hydrogens is 170 g/mol. The van der Waals surface area contributed by atoms with Gasteiger partial charge < -0.3 is 10.8 Å². The fraction of sp³-hybridized carbons (Fsp3) is 0.222. The molecule has 4 nitrogen and oxygen atoms in total. The van der Waals surface area contributed by atoms with Gasteiger partial charge in [0.05, 0.1) is 0 Å². The summed E-state index contributed by atoms with van der Waals surface area (Å²) in [6, 6.07) is 5.06. The van der Waals surface area contributed by atoms with Crippen LogP contribution < -0.4 is 5.73 Å². The third kappa shape index (κ3) is 2.76. The van der Waals surface area contributed by atoms with Crippen LogP contribution in [0.2, 0.25) is 0 Å². The Morgan fingerprint density at radius 3 is 2.38 bits per heavy atom. The summed E-state index contributed by atoms with van der Waals surface area (Å²) in [5.41, 5.74) is 6.07. The van der Waals surface area contributed by atoms with Crippen LogP contribution in [0.5, 0.6) is 5.75 Å². The van der Waals surface area contributed by atoms with Gasteiger partial charge in [0, 0.05) is 0 Å². The van der Waals surface area contributed by atoms with Crippen molar-refractivity contribution in [3.8, 4) is 5.75 Å². The number of hydrogen-bond donors (Lipinski definition) is 2. The van der Waals surface area contributed by atoms with E-state index in [1.165, 1.54) is 12.1 Å². The maximum atomic E-state index is 10.7.